The molecule has 1 aliphatic rings. The van der Waals surface area contributed by atoms with E-state index >= 15 is 0 Å². The van der Waals surface area contributed by atoms with Gasteiger partial charge in [-0.2, -0.15) is 0 Å². The number of hydrogen-bond acceptors (Lipinski definition) is 5. The zero-order chi connectivity index (χ0) is 18.5. The summed E-state index contributed by atoms with van der Waals surface area (Å²) in [5.41, 5.74) is 0.547. The maximum Gasteiger partial charge on any atom is 0.257 e. The standard InChI is InChI=1S/C19H23ClN4O2/c1-14(2)26-18-17(21-8-9-22-18)23-10-5-11-24(13-12-23)19(25)15-6-3-4-7-16(15)20/h3-4,6-9,14H,5,10-13H2,1-2H3. The molecule has 1 aromatic carbocycles. The maximum absolute atomic E-state index is 12.8. The first-order valence-electron chi connectivity index (χ1n) is 8.82. The number of amides is 1. The molecule has 0 spiro atoms. The van der Waals surface area contributed by atoms with Crippen molar-refractivity contribution in [2.24, 2.45) is 0 Å². The number of carbonyl (C=O) groups is 1. The Kier molecular flexibility index (Phi) is 5.93. The van der Waals surface area contributed by atoms with E-state index in [0.29, 0.717) is 36.1 Å². The number of nitrogens with zero attached hydrogens (tertiary/aromatic N) is 4. The van der Waals surface area contributed by atoms with Crippen molar-refractivity contribution in [1.82, 2.24) is 14.9 Å². The number of benzene rings is 1. The van der Waals surface area contributed by atoms with Crippen LogP contribution in [0.2, 0.25) is 5.02 Å². The number of rotatable bonds is 4. The Morgan fingerprint density at radius 2 is 1.88 bits per heavy atom. The van der Waals surface area contributed by atoms with Gasteiger partial charge < -0.3 is 14.5 Å². The molecule has 0 atom stereocenters. The largest absolute Gasteiger partial charge is 0.472 e. The van der Waals surface area contributed by atoms with Crippen LogP contribution in [0.4, 0.5) is 5.82 Å². The van der Waals surface area contributed by atoms with Gasteiger partial charge in [0.2, 0.25) is 0 Å². The van der Waals surface area contributed by atoms with Crippen LogP contribution in [-0.4, -0.2) is 53.1 Å². The maximum atomic E-state index is 12.8. The van der Waals surface area contributed by atoms with Gasteiger partial charge in [0.05, 0.1) is 16.7 Å². The Labute approximate surface area is 158 Å². The van der Waals surface area contributed by atoms with Crippen molar-refractivity contribution < 1.29 is 9.53 Å². The average Bonchev–Trinajstić information content (AvgIpc) is 2.88. The van der Waals surface area contributed by atoms with Crippen molar-refractivity contribution in [2.75, 3.05) is 31.1 Å². The monoisotopic (exact) mass is 374 g/mol. The minimum atomic E-state index is -0.0322. The van der Waals surface area contributed by atoms with Crippen LogP contribution in [0.15, 0.2) is 36.7 Å². The Hall–Kier alpha value is -2.34. The second-order valence-electron chi connectivity index (χ2n) is 6.46. The highest BCUT2D eigenvalue weighted by Gasteiger charge is 2.24. The summed E-state index contributed by atoms with van der Waals surface area (Å²) in [6.07, 6.45) is 4.16. The first kappa shape index (κ1) is 18.5. The van der Waals surface area contributed by atoms with Crippen LogP contribution in [0.1, 0.15) is 30.6 Å². The van der Waals surface area contributed by atoms with E-state index in [2.05, 4.69) is 14.9 Å². The van der Waals surface area contributed by atoms with Gasteiger partial charge in [-0.3, -0.25) is 4.79 Å². The SMILES string of the molecule is CC(C)Oc1nccnc1N1CCCN(C(=O)c2ccccc2Cl)CC1. The van der Waals surface area contributed by atoms with E-state index in [-0.39, 0.29) is 12.0 Å². The van der Waals surface area contributed by atoms with E-state index in [4.69, 9.17) is 16.3 Å². The normalized spacial score (nSPS) is 15.1. The summed E-state index contributed by atoms with van der Waals surface area (Å²) in [4.78, 5) is 25.5. The second-order valence-corrected chi connectivity index (χ2v) is 6.87. The van der Waals surface area contributed by atoms with Gasteiger partial charge in [-0.15, -0.1) is 0 Å². The fourth-order valence-electron chi connectivity index (χ4n) is 2.98. The third-order valence-corrected chi connectivity index (χ3v) is 4.51. The number of ether oxygens (including phenoxy) is 1. The van der Waals surface area contributed by atoms with Gasteiger partial charge in [-0.1, -0.05) is 23.7 Å². The van der Waals surface area contributed by atoms with Crippen LogP contribution in [0, 0.1) is 0 Å². The third-order valence-electron chi connectivity index (χ3n) is 4.18. The smallest absolute Gasteiger partial charge is 0.257 e. The summed E-state index contributed by atoms with van der Waals surface area (Å²) >= 11 is 6.18. The molecule has 7 heteroatoms. The van der Waals surface area contributed by atoms with E-state index in [9.17, 15) is 4.79 Å². The number of carbonyl (C=O) groups excluding carboxylic acids is 1. The van der Waals surface area contributed by atoms with E-state index in [0.717, 1.165) is 18.8 Å². The zero-order valence-corrected chi connectivity index (χ0v) is 15.8. The Morgan fingerprint density at radius 1 is 1.12 bits per heavy atom. The molecule has 0 aliphatic carbocycles. The molecule has 138 valence electrons. The van der Waals surface area contributed by atoms with Crippen LogP contribution in [0.3, 0.4) is 0 Å². The van der Waals surface area contributed by atoms with Gasteiger partial charge in [0.15, 0.2) is 5.82 Å². The molecule has 1 amide bonds. The third kappa shape index (κ3) is 4.25. The highest BCUT2D eigenvalue weighted by atomic mass is 35.5. The number of anilines is 1. The number of aromatic nitrogens is 2. The van der Waals surface area contributed by atoms with Gasteiger partial charge in [-0.25, -0.2) is 9.97 Å². The molecule has 0 unspecified atom stereocenters. The lowest BCUT2D eigenvalue weighted by Gasteiger charge is -2.24. The van der Waals surface area contributed by atoms with E-state index in [1.165, 1.54) is 0 Å². The summed E-state index contributed by atoms with van der Waals surface area (Å²) in [6.45, 7) is 6.67. The van der Waals surface area contributed by atoms with Gasteiger partial charge in [-0.05, 0) is 32.4 Å². The van der Waals surface area contributed by atoms with Gasteiger partial charge >= 0.3 is 0 Å². The highest BCUT2D eigenvalue weighted by Crippen LogP contribution is 2.25. The molecule has 1 aromatic heterocycles. The molecular weight excluding hydrogens is 352 g/mol. The van der Waals surface area contributed by atoms with Crippen LogP contribution in [0.5, 0.6) is 5.88 Å². The van der Waals surface area contributed by atoms with Crippen molar-refractivity contribution in [3.05, 3.63) is 47.2 Å². The number of halogens is 1. The molecule has 0 radical (unpaired) electrons. The van der Waals surface area contributed by atoms with Crippen molar-refractivity contribution in [2.45, 2.75) is 26.4 Å². The van der Waals surface area contributed by atoms with Crippen LogP contribution < -0.4 is 9.64 Å². The molecule has 1 saturated heterocycles. The molecule has 2 aromatic rings. The quantitative estimate of drug-likeness (QED) is 0.822. The number of hydrogen-bond donors (Lipinski definition) is 0. The Balaban J connectivity index is 1.73. The lowest BCUT2D eigenvalue weighted by Crippen LogP contribution is -2.35. The molecule has 0 bridgehead atoms. The molecule has 0 saturated carbocycles. The van der Waals surface area contributed by atoms with Crippen molar-refractivity contribution in [3.63, 3.8) is 0 Å². The van der Waals surface area contributed by atoms with E-state index in [1.807, 2.05) is 30.9 Å². The summed E-state index contributed by atoms with van der Waals surface area (Å²) in [5, 5.41) is 0.486. The van der Waals surface area contributed by atoms with Gasteiger partial charge in [0, 0.05) is 38.6 Å². The first-order valence-corrected chi connectivity index (χ1v) is 9.20. The fraction of sp³-hybridized carbons (Fsp3) is 0.421. The van der Waals surface area contributed by atoms with E-state index in [1.54, 1.807) is 24.5 Å². The molecule has 1 fully saturated rings. The predicted molar refractivity (Wildman–Crippen MR) is 102 cm³/mol. The van der Waals surface area contributed by atoms with E-state index < -0.39 is 0 Å². The summed E-state index contributed by atoms with van der Waals surface area (Å²) in [7, 11) is 0. The fourth-order valence-corrected chi connectivity index (χ4v) is 3.20. The minimum Gasteiger partial charge on any atom is -0.472 e. The van der Waals surface area contributed by atoms with Crippen molar-refractivity contribution in [3.8, 4) is 5.88 Å². The molecule has 3 rings (SSSR count). The molecular formula is C19H23ClN4O2. The molecule has 2 heterocycles. The highest BCUT2D eigenvalue weighted by molar-refractivity contribution is 6.33. The van der Waals surface area contributed by atoms with Crippen molar-refractivity contribution >= 4 is 23.3 Å². The summed E-state index contributed by atoms with van der Waals surface area (Å²) < 4.78 is 5.79. The van der Waals surface area contributed by atoms with Crippen LogP contribution in [0.25, 0.3) is 0 Å². The second kappa shape index (κ2) is 8.36. The molecule has 6 nitrogen and oxygen atoms in total. The van der Waals surface area contributed by atoms with Gasteiger partial charge in [0.1, 0.15) is 0 Å². The van der Waals surface area contributed by atoms with Crippen molar-refractivity contribution in [1.29, 1.82) is 0 Å². The molecule has 0 N–H and O–H groups in total. The van der Waals surface area contributed by atoms with Crippen LogP contribution >= 0.6 is 11.6 Å². The topological polar surface area (TPSA) is 58.6 Å². The minimum absolute atomic E-state index is 0.0238. The first-order chi connectivity index (χ1) is 12.6. The molecule has 26 heavy (non-hydrogen) atoms. The van der Waals surface area contributed by atoms with Crippen LogP contribution in [-0.2, 0) is 0 Å². The predicted octanol–water partition coefficient (Wildman–Crippen LogP) is 3.27. The average molecular weight is 375 g/mol. The molecule has 1 aliphatic heterocycles. The zero-order valence-electron chi connectivity index (χ0n) is 15.1. The van der Waals surface area contributed by atoms with Gasteiger partial charge in [0.25, 0.3) is 11.8 Å². The lowest BCUT2D eigenvalue weighted by molar-refractivity contribution is 0.0767. The summed E-state index contributed by atoms with van der Waals surface area (Å²) in [5.74, 6) is 1.23. The Morgan fingerprint density at radius 3 is 2.65 bits per heavy atom. The lowest BCUT2D eigenvalue weighted by atomic mass is 10.2. The Bertz CT molecular complexity index is 769. The summed E-state index contributed by atoms with van der Waals surface area (Å²) in [6, 6.07) is 7.17.